The largest absolute Gasteiger partial charge is 0.396 e. The Morgan fingerprint density at radius 3 is 2.64 bits per heavy atom. The zero-order valence-corrected chi connectivity index (χ0v) is 20.4. The van der Waals surface area contributed by atoms with Crippen LogP contribution in [0, 0.1) is 11.2 Å². The van der Waals surface area contributed by atoms with Crippen LogP contribution in [0.25, 0.3) is 22.6 Å². The number of anilines is 1. The standard InChI is InChI=1S/C25H31FN6O4/c1-3-10-28-24-29-12-9-18(30-24)20-19(16-5-7-17(26)8-6-16)31-21(32-20)22-35-14-25(2,15-36-22)23(34)27-11-4-13-33/h5-9,12,22,33H,3-4,10-11,13-15H2,1-2H3,(H,27,34)(H,31,32)(H,28,29,30). The van der Waals surface area contributed by atoms with Crippen LogP contribution in [-0.4, -0.2) is 63.9 Å². The number of H-pyrrole nitrogens is 1. The molecule has 0 unspecified atom stereocenters. The molecule has 0 spiro atoms. The van der Waals surface area contributed by atoms with Crippen molar-refractivity contribution in [2.75, 3.05) is 38.2 Å². The number of carbonyl (C=O) groups is 1. The summed E-state index contributed by atoms with van der Waals surface area (Å²) in [5, 5.41) is 14.9. The van der Waals surface area contributed by atoms with Gasteiger partial charge < -0.3 is 30.2 Å². The number of halogens is 1. The predicted octanol–water partition coefficient (Wildman–Crippen LogP) is 3.05. The molecule has 192 valence electrons. The van der Waals surface area contributed by atoms with Crippen molar-refractivity contribution in [2.24, 2.45) is 5.41 Å². The number of hydrogen-bond acceptors (Lipinski definition) is 8. The number of carbonyl (C=O) groups excluding carboxylic acids is 1. The molecule has 1 fully saturated rings. The Hall–Kier alpha value is -3.41. The second-order valence-electron chi connectivity index (χ2n) is 8.89. The normalized spacial score (nSPS) is 19.7. The number of nitrogens with zero attached hydrogens (tertiary/aromatic N) is 3. The summed E-state index contributed by atoms with van der Waals surface area (Å²) in [4.78, 5) is 29.4. The Morgan fingerprint density at radius 2 is 1.94 bits per heavy atom. The number of rotatable bonds is 10. The summed E-state index contributed by atoms with van der Waals surface area (Å²) in [6.07, 6.45) is 2.24. The van der Waals surface area contributed by atoms with Gasteiger partial charge in [0.15, 0.2) is 5.82 Å². The summed E-state index contributed by atoms with van der Waals surface area (Å²) in [6, 6.07) is 7.79. The minimum Gasteiger partial charge on any atom is -0.396 e. The van der Waals surface area contributed by atoms with E-state index in [1.54, 1.807) is 31.3 Å². The fourth-order valence-electron chi connectivity index (χ4n) is 3.72. The van der Waals surface area contributed by atoms with Crippen molar-refractivity contribution in [1.82, 2.24) is 25.3 Å². The highest BCUT2D eigenvalue weighted by Gasteiger charge is 2.40. The molecule has 0 radical (unpaired) electrons. The zero-order valence-electron chi connectivity index (χ0n) is 20.4. The topological polar surface area (TPSA) is 134 Å². The van der Waals surface area contributed by atoms with E-state index in [4.69, 9.17) is 19.6 Å². The number of aromatic amines is 1. The van der Waals surface area contributed by atoms with Crippen LogP contribution in [0.2, 0.25) is 0 Å². The minimum absolute atomic E-state index is 0.00573. The van der Waals surface area contributed by atoms with Crippen LogP contribution < -0.4 is 10.6 Å². The first-order valence-electron chi connectivity index (χ1n) is 12.0. The molecule has 1 aromatic carbocycles. The molecule has 3 aromatic rings. The van der Waals surface area contributed by atoms with Crippen LogP contribution in [0.1, 0.15) is 38.8 Å². The van der Waals surface area contributed by atoms with E-state index in [0.717, 1.165) is 13.0 Å². The molecule has 10 nitrogen and oxygen atoms in total. The van der Waals surface area contributed by atoms with Gasteiger partial charge in [0.05, 0.1) is 35.7 Å². The SMILES string of the molecule is CCCNc1nccc(-c2[nH]c(C3OCC(C)(C(=O)NCCCO)CO3)nc2-c2ccc(F)cc2)n1. The Bertz CT molecular complexity index is 1160. The van der Waals surface area contributed by atoms with Crippen molar-refractivity contribution in [3.05, 3.63) is 48.2 Å². The Balaban J connectivity index is 1.59. The third-order valence-electron chi connectivity index (χ3n) is 5.78. The van der Waals surface area contributed by atoms with Gasteiger partial charge in [-0.05, 0) is 50.1 Å². The number of nitrogens with one attached hydrogen (secondary N) is 3. The van der Waals surface area contributed by atoms with Crippen molar-refractivity contribution in [1.29, 1.82) is 0 Å². The molecule has 4 rings (SSSR count). The monoisotopic (exact) mass is 498 g/mol. The van der Waals surface area contributed by atoms with Gasteiger partial charge in [0, 0.05) is 31.5 Å². The van der Waals surface area contributed by atoms with Gasteiger partial charge in [0.2, 0.25) is 18.1 Å². The lowest BCUT2D eigenvalue weighted by Gasteiger charge is -2.35. The Labute approximate surface area is 208 Å². The van der Waals surface area contributed by atoms with E-state index in [1.165, 1.54) is 12.1 Å². The molecule has 1 aliphatic heterocycles. The summed E-state index contributed by atoms with van der Waals surface area (Å²) >= 11 is 0. The molecular weight excluding hydrogens is 467 g/mol. The minimum atomic E-state index is -0.867. The first-order valence-corrected chi connectivity index (χ1v) is 12.0. The number of ether oxygens (including phenoxy) is 2. The van der Waals surface area contributed by atoms with Gasteiger partial charge in [-0.3, -0.25) is 4.79 Å². The summed E-state index contributed by atoms with van der Waals surface area (Å²) in [5.41, 5.74) is 1.60. The van der Waals surface area contributed by atoms with Gasteiger partial charge in [-0.15, -0.1) is 0 Å². The smallest absolute Gasteiger partial charge is 0.230 e. The summed E-state index contributed by atoms with van der Waals surface area (Å²) < 4.78 is 25.4. The van der Waals surface area contributed by atoms with Gasteiger partial charge in [-0.2, -0.15) is 0 Å². The van der Waals surface area contributed by atoms with E-state index in [9.17, 15) is 9.18 Å². The summed E-state index contributed by atoms with van der Waals surface area (Å²) in [7, 11) is 0. The number of hydrogen-bond donors (Lipinski definition) is 4. The van der Waals surface area contributed by atoms with Crippen molar-refractivity contribution in [2.45, 2.75) is 33.0 Å². The highest BCUT2D eigenvalue weighted by molar-refractivity contribution is 5.82. The molecule has 0 aliphatic carbocycles. The maximum absolute atomic E-state index is 13.6. The second kappa shape index (κ2) is 11.5. The molecule has 0 atom stereocenters. The number of benzene rings is 1. The van der Waals surface area contributed by atoms with Gasteiger partial charge in [-0.25, -0.2) is 19.3 Å². The number of aliphatic hydroxyl groups is 1. The summed E-state index contributed by atoms with van der Waals surface area (Å²) in [5.74, 6) is 0.353. The van der Waals surface area contributed by atoms with E-state index < -0.39 is 11.7 Å². The van der Waals surface area contributed by atoms with Crippen LogP contribution in [0.15, 0.2) is 36.5 Å². The molecule has 0 bridgehead atoms. The first-order chi connectivity index (χ1) is 17.4. The van der Waals surface area contributed by atoms with Gasteiger partial charge in [-0.1, -0.05) is 6.92 Å². The molecule has 4 N–H and O–H groups in total. The molecule has 36 heavy (non-hydrogen) atoms. The van der Waals surface area contributed by atoms with Crippen LogP contribution >= 0.6 is 0 Å². The lowest BCUT2D eigenvalue weighted by Crippen LogP contribution is -2.48. The number of imidazole rings is 1. The molecular formula is C25H31FN6O4. The molecule has 3 heterocycles. The third kappa shape index (κ3) is 5.86. The van der Waals surface area contributed by atoms with Crippen molar-refractivity contribution in [3.63, 3.8) is 0 Å². The maximum atomic E-state index is 13.6. The number of aromatic nitrogens is 4. The lowest BCUT2D eigenvalue weighted by atomic mass is 9.91. The molecule has 1 aliphatic rings. The van der Waals surface area contributed by atoms with Crippen LogP contribution in [0.3, 0.4) is 0 Å². The lowest BCUT2D eigenvalue weighted by molar-refractivity contribution is -0.231. The summed E-state index contributed by atoms with van der Waals surface area (Å²) in [6.45, 7) is 5.20. The van der Waals surface area contributed by atoms with E-state index in [-0.39, 0.29) is 31.5 Å². The second-order valence-corrected chi connectivity index (χ2v) is 8.89. The van der Waals surface area contributed by atoms with Gasteiger partial charge in [0.1, 0.15) is 5.82 Å². The Morgan fingerprint density at radius 1 is 1.19 bits per heavy atom. The van der Waals surface area contributed by atoms with Crippen molar-refractivity contribution in [3.8, 4) is 22.6 Å². The average Bonchev–Trinajstić information content (AvgIpc) is 3.34. The predicted molar refractivity (Wildman–Crippen MR) is 131 cm³/mol. The van der Waals surface area contributed by atoms with Gasteiger partial charge in [0.25, 0.3) is 0 Å². The Kier molecular flexibility index (Phi) is 8.24. The zero-order chi connectivity index (χ0) is 25.5. The van der Waals surface area contributed by atoms with Gasteiger partial charge >= 0.3 is 0 Å². The van der Waals surface area contributed by atoms with E-state index >= 15 is 0 Å². The molecule has 0 saturated carbocycles. The maximum Gasteiger partial charge on any atom is 0.230 e. The van der Waals surface area contributed by atoms with Crippen molar-refractivity contribution < 1.29 is 23.8 Å². The van der Waals surface area contributed by atoms with Crippen LogP contribution in [0.4, 0.5) is 10.3 Å². The molecule has 1 amide bonds. The van der Waals surface area contributed by atoms with E-state index in [0.29, 0.717) is 47.4 Å². The van der Waals surface area contributed by atoms with E-state index in [2.05, 4.69) is 32.5 Å². The average molecular weight is 499 g/mol. The number of aliphatic hydroxyl groups excluding tert-OH is 1. The fraction of sp³-hybridized carbons (Fsp3) is 0.440. The molecule has 2 aromatic heterocycles. The highest BCUT2D eigenvalue weighted by Crippen LogP contribution is 2.35. The molecule has 11 heteroatoms. The molecule has 1 saturated heterocycles. The van der Waals surface area contributed by atoms with E-state index in [1.807, 2.05) is 0 Å². The quantitative estimate of drug-likeness (QED) is 0.314. The van der Waals surface area contributed by atoms with Crippen LogP contribution in [-0.2, 0) is 14.3 Å². The van der Waals surface area contributed by atoms with Crippen LogP contribution in [0.5, 0.6) is 0 Å². The van der Waals surface area contributed by atoms with Crippen molar-refractivity contribution >= 4 is 11.9 Å². The number of amides is 1. The highest BCUT2D eigenvalue weighted by atomic mass is 19.1. The fourth-order valence-corrected chi connectivity index (χ4v) is 3.72. The first kappa shape index (κ1) is 25.7. The third-order valence-corrected chi connectivity index (χ3v) is 5.78.